The first-order chi connectivity index (χ1) is 9.95. The molecule has 2 rings (SSSR count). The fourth-order valence-electron chi connectivity index (χ4n) is 2.15. The Morgan fingerprint density at radius 1 is 1.38 bits per heavy atom. The van der Waals surface area contributed by atoms with Crippen LogP contribution in [0.25, 0.3) is 0 Å². The summed E-state index contributed by atoms with van der Waals surface area (Å²) in [7, 11) is 0. The fraction of sp³-hybridized carbons (Fsp3) is 0.733. The lowest BCUT2D eigenvalue weighted by atomic mass is 10.0. The van der Waals surface area contributed by atoms with Crippen LogP contribution in [0.15, 0.2) is 21.9 Å². The van der Waals surface area contributed by atoms with Crippen LogP contribution in [0.2, 0.25) is 0 Å². The van der Waals surface area contributed by atoms with Crippen molar-refractivity contribution in [2.45, 2.75) is 66.5 Å². The second kappa shape index (κ2) is 8.77. The van der Waals surface area contributed by atoms with E-state index in [1.54, 1.807) is 6.92 Å². The molecule has 1 aromatic rings. The monoisotopic (exact) mass is 302 g/mol. The van der Waals surface area contributed by atoms with Crippen molar-refractivity contribution < 1.29 is 9.13 Å². The van der Waals surface area contributed by atoms with Crippen molar-refractivity contribution >= 4 is 0 Å². The van der Waals surface area contributed by atoms with E-state index in [1.807, 2.05) is 34.6 Å². The average molecular weight is 302 g/mol. The second-order valence-electron chi connectivity index (χ2n) is 4.44. The van der Waals surface area contributed by atoms with Crippen molar-refractivity contribution in [3.05, 3.63) is 33.1 Å². The molecule has 0 bridgehead atoms. The third-order valence-corrected chi connectivity index (χ3v) is 3.10. The minimum Gasteiger partial charge on any atom is -0.321 e. The SMILES string of the molecule is CC.CC.CCC1(F)CC(C)C(n2ccc(=O)[nH]c2=O)O1. The van der Waals surface area contributed by atoms with Crippen LogP contribution < -0.4 is 11.2 Å². The summed E-state index contributed by atoms with van der Waals surface area (Å²) in [5.41, 5.74) is -1.05. The number of hydrogen-bond acceptors (Lipinski definition) is 3. The number of halogens is 1. The third-order valence-electron chi connectivity index (χ3n) is 3.10. The van der Waals surface area contributed by atoms with Crippen molar-refractivity contribution in [2.24, 2.45) is 5.92 Å². The van der Waals surface area contributed by atoms with Crippen molar-refractivity contribution in [2.75, 3.05) is 0 Å². The van der Waals surface area contributed by atoms with Gasteiger partial charge in [-0.3, -0.25) is 14.3 Å². The van der Waals surface area contributed by atoms with Crippen LogP contribution in [0.5, 0.6) is 0 Å². The normalized spacial score (nSPS) is 27.2. The summed E-state index contributed by atoms with van der Waals surface area (Å²) in [6.45, 7) is 11.5. The standard InChI is InChI=1S/C11H15FN2O3.2C2H6/c1-3-11(12)6-7(2)9(17-11)14-5-4-8(15)13-10(14)16;2*1-2/h4-5,7,9H,3,6H2,1-2H3,(H,13,15,16);2*1-2H3. The number of hydrogen-bond donors (Lipinski definition) is 1. The molecule has 0 aliphatic carbocycles. The molecule has 6 heteroatoms. The third kappa shape index (κ3) is 4.81. The number of aromatic amines is 1. The summed E-state index contributed by atoms with van der Waals surface area (Å²) in [5, 5.41) is 0. The predicted molar refractivity (Wildman–Crippen MR) is 82.1 cm³/mol. The zero-order chi connectivity index (χ0) is 16.6. The van der Waals surface area contributed by atoms with Crippen LogP contribution in [0.1, 0.15) is 60.6 Å². The molecule has 1 N–H and O–H groups in total. The van der Waals surface area contributed by atoms with Gasteiger partial charge in [-0.15, -0.1) is 0 Å². The number of rotatable bonds is 2. The fourth-order valence-corrected chi connectivity index (χ4v) is 2.15. The van der Waals surface area contributed by atoms with E-state index >= 15 is 0 Å². The molecule has 0 aromatic carbocycles. The molecule has 2 heterocycles. The minimum atomic E-state index is -1.68. The first kappa shape index (κ1) is 19.6. The Morgan fingerprint density at radius 2 is 1.95 bits per heavy atom. The lowest BCUT2D eigenvalue weighted by Crippen LogP contribution is -2.33. The zero-order valence-electron chi connectivity index (χ0n) is 13.8. The molecule has 0 saturated carbocycles. The Kier molecular flexibility index (Phi) is 8.17. The highest BCUT2D eigenvalue weighted by Crippen LogP contribution is 2.42. The number of aromatic nitrogens is 2. The summed E-state index contributed by atoms with van der Waals surface area (Å²) < 4.78 is 20.5. The highest BCUT2D eigenvalue weighted by Gasteiger charge is 2.44. The maximum Gasteiger partial charge on any atom is 0.330 e. The van der Waals surface area contributed by atoms with E-state index in [4.69, 9.17) is 4.74 Å². The molecular weight excluding hydrogens is 275 g/mol. The molecule has 3 unspecified atom stereocenters. The topological polar surface area (TPSA) is 64.1 Å². The van der Waals surface area contributed by atoms with E-state index in [1.165, 1.54) is 16.8 Å². The van der Waals surface area contributed by atoms with E-state index in [-0.39, 0.29) is 18.8 Å². The van der Waals surface area contributed by atoms with Gasteiger partial charge in [-0.05, 0) is 0 Å². The molecule has 0 amide bonds. The summed E-state index contributed by atoms with van der Waals surface area (Å²) in [6, 6.07) is 1.22. The number of ether oxygens (including phenoxy) is 1. The minimum absolute atomic E-state index is 0.122. The van der Waals surface area contributed by atoms with Gasteiger partial charge in [0.2, 0.25) is 5.85 Å². The molecule has 1 fully saturated rings. The first-order valence-corrected chi connectivity index (χ1v) is 7.63. The Balaban J connectivity index is 0.000000921. The number of alkyl halides is 1. The van der Waals surface area contributed by atoms with E-state index in [9.17, 15) is 14.0 Å². The second-order valence-corrected chi connectivity index (χ2v) is 4.44. The Bertz CT molecular complexity index is 526. The van der Waals surface area contributed by atoms with Gasteiger partial charge in [0.15, 0.2) is 0 Å². The Hall–Kier alpha value is -1.43. The summed E-state index contributed by atoms with van der Waals surface area (Å²) >= 11 is 0. The van der Waals surface area contributed by atoms with Gasteiger partial charge in [-0.2, -0.15) is 0 Å². The van der Waals surface area contributed by atoms with E-state index < -0.39 is 23.3 Å². The van der Waals surface area contributed by atoms with Crippen LogP contribution in [-0.2, 0) is 4.74 Å². The molecule has 1 saturated heterocycles. The smallest absolute Gasteiger partial charge is 0.321 e. The zero-order valence-corrected chi connectivity index (χ0v) is 13.8. The summed E-state index contributed by atoms with van der Waals surface area (Å²) in [5.74, 6) is -1.80. The predicted octanol–water partition coefficient (Wildman–Crippen LogP) is 3.22. The molecular formula is C15H27FN2O3. The van der Waals surface area contributed by atoms with Crippen molar-refractivity contribution in [3.63, 3.8) is 0 Å². The molecule has 0 radical (unpaired) electrons. The van der Waals surface area contributed by atoms with Crippen LogP contribution >= 0.6 is 0 Å². The maximum atomic E-state index is 14.0. The number of H-pyrrole nitrogens is 1. The van der Waals surface area contributed by atoms with E-state index in [0.717, 1.165) is 0 Å². The van der Waals surface area contributed by atoms with Crippen molar-refractivity contribution in [3.8, 4) is 0 Å². The molecule has 1 aromatic heterocycles. The highest BCUT2D eigenvalue weighted by molar-refractivity contribution is 4.89. The largest absolute Gasteiger partial charge is 0.330 e. The van der Waals surface area contributed by atoms with Gasteiger partial charge in [-0.1, -0.05) is 41.5 Å². The first-order valence-electron chi connectivity index (χ1n) is 7.63. The van der Waals surface area contributed by atoms with Crippen molar-refractivity contribution in [1.82, 2.24) is 9.55 Å². The van der Waals surface area contributed by atoms with Gasteiger partial charge < -0.3 is 4.74 Å². The quantitative estimate of drug-likeness (QED) is 0.912. The van der Waals surface area contributed by atoms with Gasteiger partial charge in [-0.25, -0.2) is 9.18 Å². The van der Waals surface area contributed by atoms with Crippen molar-refractivity contribution in [1.29, 1.82) is 0 Å². The van der Waals surface area contributed by atoms with Gasteiger partial charge >= 0.3 is 5.69 Å². The molecule has 21 heavy (non-hydrogen) atoms. The average Bonchev–Trinajstić information content (AvgIpc) is 2.79. The maximum absolute atomic E-state index is 14.0. The van der Waals surface area contributed by atoms with Crippen LogP contribution in [0, 0.1) is 5.92 Å². The molecule has 1 aliphatic heterocycles. The van der Waals surface area contributed by atoms with Gasteiger partial charge in [0.25, 0.3) is 5.56 Å². The molecule has 122 valence electrons. The Labute approximate surface area is 125 Å². The lowest BCUT2D eigenvalue weighted by Gasteiger charge is -2.20. The van der Waals surface area contributed by atoms with Gasteiger partial charge in [0, 0.05) is 31.0 Å². The highest BCUT2D eigenvalue weighted by atomic mass is 19.2. The number of nitrogens with zero attached hydrogens (tertiary/aromatic N) is 1. The van der Waals surface area contributed by atoms with Crippen LogP contribution in [0.4, 0.5) is 4.39 Å². The van der Waals surface area contributed by atoms with Crippen LogP contribution in [0.3, 0.4) is 0 Å². The van der Waals surface area contributed by atoms with Gasteiger partial charge in [0.05, 0.1) is 0 Å². The van der Waals surface area contributed by atoms with Crippen LogP contribution in [-0.4, -0.2) is 15.4 Å². The number of nitrogens with one attached hydrogen (secondary N) is 1. The van der Waals surface area contributed by atoms with E-state index in [2.05, 4.69) is 4.98 Å². The molecule has 1 aliphatic rings. The van der Waals surface area contributed by atoms with E-state index in [0.29, 0.717) is 0 Å². The molecule has 5 nitrogen and oxygen atoms in total. The van der Waals surface area contributed by atoms with Gasteiger partial charge in [0.1, 0.15) is 6.23 Å². The molecule has 3 atom stereocenters. The summed E-state index contributed by atoms with van der Waals surface area (Å²) in [6.07, 6.45) is 1.17. The summed E-state index contributed by atoms with van der Waals surface area (Å²) in [4.78, 5) is 24.6. The molecule has 0 spiro atoms. The lowest BCUT2D eigenvalue weighted by molar-refractivity contribution is -0.159. The Morgan fingerprint density at radius 3 is 2.38 bits per heavy atom.